The van der Waals surface area contributed by atoms with Crippen LogP contribution in [0.25, 0.3) is 0 Å². The fraction of sp³-hybridized carbons (Fsp3) is 0.150. The predicted molar refractivity (Wildman–Crippen MR) is 89.7 cm³/mol. The zero-order valence-corrected chi connectivity index (χ0v) is 13.5. The van der Waals surface area contributed by atoms with Crippen LogP contribution in [0.5, 0.6) is 5.75 Å². The maximum absolute atomic E-state index is 12.9. The summed E-state index contributed by atoms with van der Waals surface area (Å²) in [5.74, 6) is -0.442. The summed E-state index contributed by atoms with van der Waals surface area (Å²) in [7, 11) is 1.54. The average Bonchev–Trinajstić information content (AvgIpc) is 2.64. The van der Waals surface area contributed by atoms with Crippen molar-refractivity contribution in [2.45, 2.75) is 13.3 Å². The molecule has 0 spiro atoms. The third kappa shape index (κ3) is 2.46. The Hall–Kier alpha value is -3.01. The highest BCUT2D eigenvalue weighted by Gasteiger charge is 2.34. The number of allylic oxidation sites excluding steroid dienone is 2. The van der Waals surface area contributed by atoms with Crippen LogP contribution in [-0.2, 0) is 0 Å². The van der Waals surface area contributed by atoms with Crippen LogP contribution in [0.3, 0.4) is 0 Å². The van der Waals surface area contributed by atoms with Crippen LogP contribution < -0.4 is 4.74 Å². The van der Waals surface area contributed by atoms with E-state index in [9.17, 15) is 14.4 Å². The van der Waals surface area contributed by atoms with Crippen LogP contribution in [-0.4, -0.2) is 24.5 Å². The first kappa shape index (κ1) is 15.9. The lowest BCUT2D eigenvalue weighted by molar-refractivity contribution is 0.0925. The average molecular weight is 320 g/mol. The summed E-state index contributed by atoms with van der Waals surface area (Å²) in [6, 6.07) is 13.1. The molecule has 24 heavy (non-hydrogen) atoms. The van der Waals surface area contributed by atoms with Crippen molar-refractivity contribution >= 4 is 17.3 Å². The maximum atomic E-state index is 12.9. The van der Waals surface area contributed by atoms with Crippen LogP contribution >= 0.6 is 0 Å². The third-order valence-electron chi connectivity index (χ3n) is 4.15. The van der Waals surface area contributed by atoms with Gasteiger partial charge in [-0.25, -0.2) is 0 Å². The number of hydrogen-bond acceptors (Lipinski definition) is 4. The summed E-state index contributed by atoms with van der Waals surface area (Å²) in [5.41, 5.74) is 1.27. The fourth-order valence-corrected chi connectivity index (χ4v) is 2.89. The Morgan fingerprint density at radius 3 is 2.04 bits per heavy atom. The molecule has 0 N–H and O–H groups in total. The predicted octanol–water partition coefficient (Wildman–Crippen LogP) is 3.66. The zero-order valence-electron chi connectivity index (χ0n) is 13.5. The third-order valence-corrected chi connectivity index (χ3v) is 4.15. The molecule has 0 aromatic heterocycles. The van der Waals surface area contributed by atoms with E-state index in [1.807, 2.05) is 0 Å². The second-order valence-electron chi connectivity index (χ2n) is 5.47. The van der Waals surface area contributed by atoms with E-state index in [4.69, 9.17) is 4.74 Å². The van der Waals surface area contributed by atoms with Gasteiger partial charge in [0.25, 0.3) is 0 Å². The molecule has 0 saturated heterocycles. The van der Waals surface area contributed by atoms with Gasteiger partial charge in [-0.1, -0.05) is 31.2 Å². The molecule has 0 unspecified atom stereocenters. The van der Waals surface area contributed by atoms with E-state index in [0.717, 1.165) is 0 Å². The second kappa shape index (κ2) is 6.24. The van der Waals surface area contributed by atoms with Gasteiger partial charge in [0.2, 0.25) is 0 Å². The molecular weight excluding hydrogens is 304 g/mol. The molecule has 1 aliphatic carbocycles. The monoisotopic (exact) mass is 320 g/mol. The largest absolute Gasteiger partial charge is 0.497 e. The van der Waals surface area contributed by atoms with Gasteiger partial charge in [-0.05, 0) is 30.7 Å². The normalized spacial score (nSPS) is 13.8. The van der Waals surface area contributed by atoms with E-state index < -0.39 is 5.78 Å². The molecule has 1 aliphatic rings. The number of carbonyl (C=O) groups is 3. The van der Waals surface area contributed by atoms with Crippen LogP contribution in [0, 0.1) is 0 Å². The van der Waals surface area contributed by atoms with E-state index in [0.29, 0.717) is 23.3 Å². The summed E-state index contributed by atoms with van der Waals surface area (Å²) in [6.45, 7) is 1.77. The number of Topliss-reactive ketones (excluding diaryl/α,β-unsaturated/α-hetero) is 3. The van der Waals surface area contributed by atoms with Gasteiger partial charge >= 0.3 is 0 Å². The number of rotatable bonds is 4. The van der Waals surface area contributed by atoms with E-state index in [-0.39, 0.29) is 28.3 Å². The fourth-order valence-electron chi connectivity index (χ4n) is 2.89. The van der Waals surface area contributed by atoms with Crippen molar-refractivity contribution in [1.29, 1.82) is 0 Å². The molecule has 4 nitrogen and oxygen atoms in total. The van der Waals surface area contributed by atoms with E-state index in [1.165, 1.54) is 7.11 Å². The van der Waals surface area contributed by atoms with Gasteiger partial charge in [-0.15, -0.1) is 0 Å². The standard InChI is InChI=1S/C20H16O4/c1-3-14-17(18(21)12-8-10-13(24-2)11-9-12)20(23)16-7-5-4-6-15(16)19(14)22/h4-11H,3H2,1-2H3. The number of ether oxygens (including phenoxy) is 1. The maximum Gasteiger partial charge on any atom is 0.198 e. The van der Waals surface area contributed by atoms with Gasteiger partial charge in [-0.2, -0.15) is 0 Å². The summed E-state index contributed by atoms with van der Waals surface area (Å²) >= 11 is 0. The Morgan fingerprint density at radius 2 is 1.50 bits per heavy atom. The van der Waals surface area contributed by atoms with Crippen molar-refractivity contribution in [3.63, 3.8) is 0 Å². The first-order valence-electron chi connectivity index (χ1n) is 7.68. The van der Waals surface area contributed by atoms with Crippen LogP contribution in [0.4, 0.5) is 0 Å². The van der Waals surface area contributed by atoms with Crippen molar-refractivity contribution in [2.75, 3.05) is 7.11 Å². The SMILES string of the molecule is CCC1=C(C(=O)c2ccc(OC)cc2)C(=O)c2ccccc2C1=O. The van der Waals surface area contributed by atoms with E-state index in [1.54, 1.807) is 55.5 Å². The molecule has 0 amide bonds. The van der Waals surface area contributed by atoms with Gasteiger partial charge < -0.3 is 4.74 Å². The van der Waals surface area contributed by atoms with Crippen molar-refractivity contribution in [3.8, 4) is 5.75 Å². The number of benzene rings is 2. The minimum atomic E-state index is -0.428. The molecule has 0 heterocycles. The highest BCUT2D eigenvalue weighted by molar-refractivity contribution is 6.39. The Balaban J connectivity index is 2.11. The lowest BCUT2D eigenvalue weighted by atomic mass is 9.80. The quantitative estimate of drug-likeness (QED) is 0.637. The molecule has 0 radical (unpaired) electrons. The minimum Gasteiger partial charge on any atom is -0.497 e. The minimum absolute atomic E-state index is 0.0219. The zero-order chi connectivity index (χ0) is 17.3. The summed E-state index contributed by atoms with van der Waals surface area (Å²) in [5, 5.41) is 0. The molecule has 120 valence electrons. The van der Waals surface area contributed by atoms with Crippen molar-refractivity contribution in [3.05, 3.63) is 76.4 Å². The molecule has 0 aliphatic heterocycles. The number of fused-ring (bicyclic) bond motifs is 1. The van der Waals surface area contributed by atoms with E-state index >= 15 is 0 Å². The number of ketones is 3. The first-order valence-corrected chi connectivity index (χ1v) is 7.68. The Labute approximate surface area is 139 Å². The number of carbonyl (C=O) groups excluding carboxylic acids is 3. The molecule has 0 bridgehead atoms. The molecule has 0 saturated carbocycles. The Morgan fingerprint density at radius 1 is 0.917 bits per heavy atom. The van der Waals surface area contributed by atoms with Gasteiger partial charge in [-0.3, -0.25) is 14.4 Å². The smallest absolute Gasteiger partial charge is 0.198 e. The summed E-state index contributed by atoms with van der Waals surface area (Å²) in [4.78, 5) is 38.3. The highest BCUT2D eigenvalue weighted by atomic mass is 16.5. The first-order chi connectivity index (χ1) is 11.6. The van der Waals surface area contributed by atoms with Gasteiger partial charge in [0.1, 0.15) is 5.75 Å². The molecule has 0 fully saturated rings. The van der Waals surface area contributed by atoms with Crippen molar-refractivity contribution < 1.29 is 19.1 Å². The molecule has 4 heteroatoms. The summed E-state index contributed by atoms with van der Waals surface area (Å²) in [6.07, 6.45) is 0.329. The molecular formula is C20H16O4. The highest BCUT2D eigenvalue weighted by Crippen LogP contribution is 2.30. The Bertz CT molecular complexity index is 873. The number of methoxy groups -OCH3 is 1. The van der Waals surface area contributed by atoms with E-state index in [2.05, 4.69) is 0 Å². The lowest BCUT2D eigenvalue weighted by Crippen LogP contribution is -2.26. The van der Waals surface area contributed by atoms with Crippen LogP contribution in [0.15, 0.2) is 59.7 Å². The van der Waals surface area contributed by atoms with Gasteiger partial charge in [0, 0.05) is 22.3 Å². The second-order valence-corrected chi connectivity index (χ2v) is 5.47. The van der Waals surface area contributed by atoms with Crippen LogP contribution in [0.1, 0.15) is 44.4 Å². The lowest BCUT2D eigenvalue weighted by Gasteiger charge is -2.19. The number of hydrogen-bond donors (Lipinski definition) is 0. The van der Waals surface area contributed by atoms with Crippen molar-refractivity contribution in [2.24, 2.45) is 0 Å². The molecule has 2 aromatic rings. The Kier molecular flexibility index (Phi) is 4.13. The molecule has 3 rings (SSSR count). The van der Waals surface area contributed by atoms with Gasteiger partial charge in [0.15, 0.2) is 17.3 Å². The summed E-state index contributed by atoms with van der Waals surface area (Å²) < 4.78 is 5.08. The topological polar surface area (TPSA) is 60.4 Å². The molecule has 2 aromatic carbocycles. The van der Waals surface area contributed by atoms with Crippen molar-refractivity contribution in [1.82, 2.24) is 0 Å². The van der Waals surface area contributed by atoms with Crippen LogP contribution in [0.2, 0.25) is 0 Å². The molecule has 0 atom stereocenters. The van der Waals surface area contributed by atoms with Gasteiger partial charge in [0.05, 0.1) is 12.7 Å².